The van der Waals surface area contributed by atoms with Crippen molar-refractivity contribution in [3.63, 3.8) is 0 Å². The molecule has 0 saturated carbocycles. The Balaban J connectivity index is 1.43. The molecule has 0 spiro atoms. The van der Waals surface area contributed by atoms with Gasteiger partial charge in [-0.2, -0.15) is 18.3 Å². The summed E-state index contributed by atoms with van der Waals surface area (Å²) >= 11 is 0. The van der Waals surface area contributed by atoms with E-state index in [9.17, 15) is 23.1 Å². The Morgan fingerprint density at radius 3 is 2.51 bits per heavy atom. The highest BCUT2D eigenvalue weighted by molar-refractivity contribution is 6.03. The van der Waals surface area contributed by atoms with Gasteiger partial charge in [-0.15, -0.1) is 0 Å². The number of hydrogen-bond donors (Lipinski definition) is 3. The number of halogens is 3. The lowest BCUT2D eigenvalue weighted by atomic mass is 9.89. The summed E-state index contributed by atoms with van der Waals surface area (Å²) in [5, 5.41) is 23.8. The van der Waals surface area contributed by atoms with E-state index in [4.69, 9.17) is 5.41 Å². The summed E-state index contributed by atoms with van der Waals surface area (Å²) in [7, 11) is 1.82. The highest BCUT2D eigenvalue weighted by atomic mass is 19.4. The second-order valence-electron chi connectivity index (χ2n) is 8.89. The highest BCUT2D eigenvalue weighted by Gasteiger charge is 2.50. The first-order valence-corrected chi connectivity index (χ1v) is 11.0. The number of aromatic nitrogens is 6. The van der Waals surface area contributed by atoms with E-state index in [0.717, 1.165) is 25.1 Å². The van der Waals surface area contributed by atoms with E-state index in [1.54, 1.807) is 39.9 Å². The van der Waals surface area contributed by atoms with Crippen LogP contribution in [0.1, 0.15) is 19.4 Å². The minimum atomic E-state index is -4.72. The number of fused-ring (bicyclic) bond motifs is 1. The van der Waals surface area contributed by atoms with E-state index in [1.165, 1.54) is 6.20 Å². The van der Waals surface area contributed by atoms with Gasteiger partial charge in [-0.05, 0) is 25.5 Å². The Bertz CT molecular complexity index is 1500. The molecule has 0 saturated heterocycles. The van der Waals surface area contributed by atoms with E-state index < -0.39 is 29.1 Å². The molecule has 10 nitrogen and oxygen atoms in total. The molecule has 37 heavy (non-hydrogen) atoms. The number of imidazole rings is 1. The average Bonchev–Trinajstić information content (AvgIpc) is 3.44. The van der Waals surface area contributed by atoms with Gasteiger partial charge in [0, 0.05) is 37.1 Å². The molecule has 0 aliphatic carbocycles. The van der Waals surface area contributed by atoms with Crippen molar-refractivity contribution in [3.05, 3.63) is 66.7 Å². The van der Waals surface area contributed by atoms with E-state index in [0.29, 0.717) is 28.7 Å². The summed E-state index contributed by atoms with van der Waals surface area (Å²) in [6, 6.07) is 5.20. The quantitative estimate of drug-likeness (QED) is 0.204. The van der Waals surface area contributed by atoms with E-state index in [2.05, 4.69) is 25.4 Å². The molecule has 4 heterocycles. The molecule has 0 radical (unpaired) electrons. The van der Waals surface area contributed by atoms with Crippen LogP contribution in [0.4, 0.5) is 13.2 Å². The Labute approximate surface area is 209 Å². The van der Waals surface area contributed by atoms with Crippen LogP contribution in [0, 0.1) is 10.8 Å². The van der Waals surface area contributed by atoms with Crippen LogP contribution >= 0.6 is 0 Å². The third kappa shape index (κ3) is 5.34. The van der Waals surface area contributed by atoms with Crippen molar-refractivity contribution in [2.24, 2.45) is 12.5 Å². The van der Waals surface area contributed by atoms with Gasteiger partial charge in [-0.3, -0.25) is 24.3 Å². The Morgan fingerprint density at radius 2 is 1.89 bits per heavy atom. The summed E-state index contributed by atoms with van der Waals surface area (Å²) in [6.45, 7) is 1.56. The summed E-state index contributed by atoms with van der Waals surface area (Å²) in [5.74, 6) is -2.38. The molecule has 0 aliphatic heterocycles. The van der Waals surface area contributed by atoms with Gasteiger partial charge >= 0.3 is 6.18 Å². The molecular formula is C24H23F3N8O2. The molecule has 0 atom stereocenters. The maximum Gasteiger partial charge on any atom is 0.400 e. The van der Waals surface area contributed by atoms with Crippen molar-refractivity contribution in [1.82, 2.24) is 34.4 Å². The number of hydrogen-bond acceptors (Lipinski definition) is 7. The minimum absolute atomic E-state index is 0.171. The fourth-order valence-electron chi connectivity index (χ4n) is 3.34. The third-order valence-electron chi connectivity index (χ3n) is 5.76. The van der Waals surface area contributed by atoms with Crippen LogP contribution in [-0.4, -0.2) is 52.2 Å². The standard InChI is InChI=1S/C24H23F3N8O2/c1-23(2,24(25,26)27)19(36)8-20(28)33-22(37)6-14-4-5-16(29-9-14)18-11-30-21-7-17(31-13-35(18)21)15-10-32-34(3)12-15/h4-5,7-13,36H,6H2,1-3H3,(H2,28,33,37)/b19-8-. The van der Waals surface area contributed by atoms with Crippen molar-refractivity contribution >= 4 is 17.4 Å². The molecule has 0 bridgehead atoms. The van der Waals surface area contributed by atoms with Crippen molar-refractivity contribution < 1.29 is 23.1 Å². The number of nitrogens with zero attached hydrogens (tertiary/aromatic N) is 6. The fraction of sp³-hybridized carbons (Fsp3) is 0.250. The van der Waals surface area contributed by atoms with Crippen LogP contribution in [-0.2, 0) is 18.3 Å². The molecule has 4 aromatic heterocycles. The fourth-order valence-corrected chi connectivity index (χ4v) is 3.34. The number of amidine groups is 1. The van der Waals surface area contributed by atoms with E-state index >= 15 is 0 Å². The summed E-state index contributed by atoms with van der Waals surface area (Å²) in [5.41, 5.74) is 1.48. The molecule has 3 N–H and O–H groups in total. The van der Waals surface area contributed by atoms with Crippen molar-refractivity contribution in [2.45, 2.75) is 26.4 Å². The molecule has 0 aromatic carbocycles. The molecule has 1 amide bonds. The number of allylic oxidation sites excluding steroid dienone is 1. The first-order chi connectivity index (χ1) is 17.3. The maximum atomic E-state index is 13.0. The number of alkyl halides is 3. The third-order valence-corrected chi connectivity index (χ3v) is 5.76. The first-order valence-electron chi connectivity index (χ1n) is 11.0. The van der Waals surface area contributed by atoms with Gasteiger partial charge in [-0.25, -0.2) is 9.97 Å². The first kappa shape index (κ1) is 25.5. The minimum Gasteiger partial charge on any atom is -0.511 e. The average molecular weight is 512 g/mol. The predicted molar refractivity (Wildman–Crippen MR) is 129 cm³/mol. The van der Waals surface area contributed by atoms with Crippen LogP contribution in [0.3, 0.4) is 0 Å². The molecule has 4 rings (SSSR count). The zero-order valence-corrected chi connectivity index (χ0v) is 20.1. The van der Waals surface area contributed by atoms with Crippen LogP contribution < -0.4 is 5.32 Å². The summed E-state index contributed by atoms with van der Waals surface area (Å²) in [4.78, 5) is 25.5. The molecular weight excluding hydrogens is 489 g/mol. The van der Waals surface area contributed by atoms with Gasteiger partial charge in [0.05, 0.1) is 35.9 Å². The van der Waals surface area contributed by atoms with Crippen LogP contribution in [0.5, 0.6) is 0 Å². The Morgan fingerprint density at radius 1 is 1.14 bits per heavy atom. The van der Waals surface area contributed by atoms with Crippen LogP contribution in [0.15, 0.2) is 61.1 Å². The van der Waals surface area contributed by atoms with Crippen molar-refractivity contribution in [2.75, 3.05) is 0 Å². The van der Waals surface area contributed by atoms with Crippen molar-refractivity contribution in [1.29, 1.82) is 5.41 Å². The number of carbonyl (C=O) groups excluding carboxylic acids is 1. The van der Waals surface area contributed by atoms with Crippen LogP contribution in [0.2, 0.25) is 0 Å². The number of nitrogens with one attached hydrogen (secondary N) is 2. The summed E-state index contributed by atoms with van der Waals surface area (Å²) in [6.07, 6.45) is 4.02. The largest absolute Gasteiger partial charge is 0.511 e. The zero-order valence-electron chi connectivity index (χ0n) is 20.1. The number of aliphatic hydroxyl groups excluding tert-OH is 1. The lowest BCUT2D eigenvalue weighted by molar-refractivity contribution is -0.206. The topological polar surface area (TPSA) is 134 Å². The van der Waals surface area contributed by atoms with Gasteiger partial charge in [-0.1, -0.05) is 6.07 Å². The smallest absolute Gasteiger partial charge is 0.400 e. The van der Waals surface area contributed by atoms with Gasteiger partial charge in [0.2, 0.25) is 5.91 Å². The Hall–Kier alpha value is -4.55. The Kier molecular flexibility index (Phi) is 6.55. The monoisotopic (exact) mass is 512 g/mol. The van der Waals surface area contributed by atoms with Gasteiger partial charge in [0.25, 0.3) is 0 Å². The SMILES string of the molecule is Cn1cc(-c2cc3ncc(-c4ccc(CC(=O)NC(=N)/C=C(\O)C(C)(C)C(F)(F)F)cn4)n3cn2)cn1. The van der Waals surface area contributed by atoms with Gasteiger partial charge < -0.3 is 10.4 Å². The normalized spacial score (nSPS) is 12.6. The number of rotatable bonds is 6. The number of amides is 1. The summed E-state index contributed by atoms with van der Waals surface area (Å²) < 4.78 is 42.5. The van der Waals surface area contributed by atoms with Crippen LogP contribution in [0.25, 0.3) is 28.3 Å². The number of aryl methyl sites for hydroxylation is 1. The second-order valence-corrected chi connectivity index (χ2v) is 8.89. The highest BCUT2D eigenvalue weighted by Crippen LogP contribution is 2.42. The maximum absolute atomic E-state index is 13.0. The number of carbonyl (C=O) groups is 1. The molecule has 0 fully saturated rings. The molecule has 192 valence electrons. The lowest BCUT2D eigenvalue weighted by Gasteiger charge is -2.26. The number of aliphatic hydroxyl groups is 1. The molecule has 0 unspecified atom stereocenters. The predicted octanol–water partition coefficient (Wildman–Crippen LogP) is 3.86. The molecule has 4 aromatic rings. The lowest BCUT2D eigenvalue weighted by Crippen LogP contribution is -2.36. The van der Waals surface area contributed by atoms with Gasteiger partial charge in [0.15, 0.2) is 0 Å². The van der Waals surface area contributed by atoms with E-state index in [-0.39, 0.29) is 6.42 Å². The van der Waals surface area contributed by atoms with E-state index in [1.807, 2.05) is 19.3 Å². The van der Waals surface area contributed by atoms with Crippen molar-refractivity contribution in [3.8, 4) is 22.6 Å². The molecule has 13 heteroatoms. The number of pyridine rings is 1. The second kappa shape index (κ2) is 9.48. The van der Waals surface area contributed by atoms with Gasteiger partial charge in [0.1, 0.15) is 29.0 Å². The zero-order chi connectivity index (χ0) is 27.0. The molecule has 0 aliphatic rings.